The van der Waals surface area contributed by atoms with Gasteiger partial charge < -0.3 is 0 Å². The third-order valence-corrected chi connectivity index (χ3v) is 6.11. The second-order valence-electron chi connectivity index (χ2n) is 5.85. The van der Waals surface area contributed by atoms with Crippen LogP contribution in [0.4, 0.5) is 0 Å². The minimum atomic E-state index is -3.02. The number of aryl methyl sites for hydroxylation is 1. The molecule has 0 amide bonds. The number of likely N-dealkylation sites (tertiary alicyclic amines) is 1. The molecule has 19 heavy (non-hydrogen) atoms. The van der Waals surface area contributed by atoms with Gasteiger partial charge in [-0.3, -0.25) is 4.90 Å². The monoisotopic (exact) mass is 301 g/mol. The number of nitrogens with zero attached hydrogens (tertiary/aromatic N) is 3. The van der Waals surface area contributed by atoms with E-state index in [1.165, 1.54) is 6.26 Å². The SMILES string of the molecule is Cc1nc(CN2CC3(CCN(S(C)(=O)=O)C3)C2)cs1. The second-order valence-corrected chi connectivity index (χ2v) is 8.89. The van der Waals surface area contributed by atoms with Crippen molar-refractivity contribution in [3.8, 4) is 0 Å². The Kier molecular flexibility index (Phi) is 3.20. The van der Waals surface area contributed by atoms with Gasteiger partial charge in [0.25, 0.3) is 0 Å². The summed E-state index contributed by atoms with van der Waals surface area (Å²) < 4.78 is 24.7. The molecule has 3 heterocycles. The maximum Gasteiger partial charge on any atom is 0.211 e. The summed E-state index contributed by atoms with van der Waals surface area (Å²) in [4.78, 5) is 6.83. The number of rotatable bonds is 3. The lowest BCUT2D eigenvalue weighted by molar-refractivity contribution is 0.00576. The minimum absolute atomic E-state index is 0.203. The molecule has 2 fully saturated rings. The first-order valence-electron chi connectivity index (χ1n) is 6.45. The molecule has 2 aliphatic rings. The molecular weight excluding hydrogens is 282 g/mol. The summed E-state index contributed by atoms with van der Waals surface area (Å²) in [7, 11) is -3.02. The molecule has 0 bridgehead atoms. The van der Waals surface area contributed by atoms with Crippen LogP contribution in [0.3, 0.4) is 0 Å². The number of hydrogen-bond acceptors (Lipinski definition) is 5. The van der Waals surface area contributed by atoms with Gasteiger partial charge in [0.2, 0.25) is 10.0 Å². The van der Waals surface area contributed by atoms with Gasteiger partial charge in [0, 0.05) is 43.5 Å². The predicted octanol–water partition coefficient (Wildman–Crippen LogP) is 0.919. The molecule has 1 spiro atoms. The minimum Gasteiger partial charge on any atom is -0.296 e. The predicted molar refractivity (Wildman–Crippen MR) is 75.6 cm³/mol. The van der Waals surface area contributed by atoms with Crippen molar-refractivity contribution < 1.29 is 8.42 Å². The van der Waals surface area contributed by atoms with Crippen molar-refractivity contribution in [2.24, 2.45) is 5.41 Å². The molecule has 1 aromatic rings. The Morgan fingerprint density at radius 1 is 1.42 bits per heavy atom. The second kappa shape index (κ2) is 4.51. The summed E-state index contributed by atoms with van der Waals surface area (Å²) in [6.45, 7) is 6.28. The van der Waals surface area contributed by atoms with Crippen molar-refractivity contribution in [2.45, 2.75) is 19.9 Å². The van der Waals surface area contributed by atoms with Crippen LogP contribution in [0.2, 0.25) is 0 Å². The first kappa shape index (κ1) is 13.5. The van der Waals surface area contributed by atoms with Crippen molar-refractivity contribution >= 4 is 21.4 Å². The summed E-state index contributed by atoms with van der Waals surface area (Å²) in [5, 5.41) is 3.21. The molecular formula is C12H19N3O2S2. The molecule has 2 aliphatic heterocycles. The Bertz CT molecular complexity index is 576. The lowest BCUT2D eigenvalue weighted by Crippen LogP contribution is -2.57. The maximum absolute atomic E-state index is 11.5. The third kappa shape index (κ3) is 2.69. The fourth-order valence-electron chi connectivity index (χ4n) is 3.16. The van der Waals surface area contributed by atoms with Crippen molar-refractivity contribution in [2.75, 3.05) is 32.4 Å². The van der Waals surface area contributed by atoms with E-state index in [2.05, 4.69) is 15.3 Å². The van der Waals surface area contributed by atoms with E-state index in [4.69, 9.17) is 0 Å². The van der Waals surface area contributed by atoms with Crippen molar-refractivity contribution in [1.82, 2.24) is 14.2 Å². The van der Waals surface area contributed by atoms with Crippen LogP contribution in [0.5, 0.6) is 0 Å². The first-order valence-corrected chi connectivity index (χ1v) is 9.18. The van der Waals surface area contributed by atoms with E-state index < -0.39 is 10.0 Å². The van der Waals surface area contributed by atoms with E-state index >= 15 is 0 Å². The summed E-state index contributed by atoms with van der Waals surface area (Å²) in [6.07, 6.45) is 2.30. The smallest absolute Gasteiger partial charge is 0.211 e. The Labute approximate surface area is 118 Å². The fourth-order valence-corrected chi connectivity index (χ4v) is 4.69. The average molecular weight is 301 g/mol. The van der Waals surface area contributed by atoms with Crippen LogP contribution >= 0.6 is 11.3 Å². The Morgan fingerprint density at radius 3 is 2.68 bits per heavy atom. The zero-order chi connectivity index (χ0) is 13.7. The van der Waals surface area contributed by atoms with E-state index in [0.717, 1.165) is 36.8 Å². The summed E-state index contributed by atoms with van der Waals surface area (Å²) >= 11 is 1.68. The molecule has 0 aliphatic carbocycles. The van der Waals surface area contributed by atoms with Crippen LogP contribution in [-0.4, -0.2) is 55.0 Å². The van der Waals surface area contributed by atoms with Crippen molar-refractivity contribution in [1.29, 1.82) is 0 Å². The molecule has 5 nitrogen and oxygen atoms in total. The number of thiazole rings is 1. The molecule has 1 aromatic heterocycles. The largest absolute Gasteiger partial charge is 0.296 e. The topological polar surface area (TPSA) is 53.5 Å². The fraction of sp³-hybridized carbons (Fsp3) is 0.750. The Morgan fingerprint density at radius 2 is 2.16 bits per heavy atom. The van der Waals surface area contributed by atoms with Crippen molar-refractivity contribution in [3.05, 3.63) is 16.1 Å². The molecule has 2 saturated heterocycles. The van der Waals surface area contributed by atoms with E-state index in [9.17, 15) is 8.42 Å². The highest BCUT2D eigenvalue weighted by molar-refractivity contribution is 7.88. The summed E-state index contributed by atoms with van der Waals surface area (Å²) in [6, 6.07) is 0. The van der Waals surface area contributed by atoms with Gasteiger partial charge in [0.05, 0.1) is 17.0 Å². The molecule has 106 valence electrons. The first-order chi connectivity index (χ1) is 8.86. The van der Waals surface area contributed by atoms with Gasteiger partial charge >= 0.3 is 0 Å². The van der Waals surface area contributed by atoms with Gasteiger partial charge in [0.15, 0.2) is 0 Å². The van der Waals surface area contributed by atoms with Crippen LogP contribution in [0.1, 0.15) is 17.1 Å². The van der Waals surface area contributed by atoms with E-state index in [0.29, 0.717) is 13.1 Å². The van der Waals surface area contributed by atoms with Gasteiger partial charge in [-0.25, -0.2) is 17.7 Å². The molecule has 7 heteroatoms. The molecule has 0 atom stereocenters. The number of aromatic nitrogens is 1. The van der Waals surface area contributed by atoms with Gasteiger partial charge in [0.1, 0.15) is 0 Å². The van der Waals surface area contributed by atoms with Gasteiger partial charge in [-0.2, -0.15) is 0 Å². The van der Waals surface area contributed by atoms with E-state index in [-0.39, 0.29) is 5.41 Å². The summed E-state index contributed by atoms with van der Waals surface area (Å²) in [5.74, 6) is 0. The summed E-state index contributed by atoms with van der Waals surface area (Å²) in [5.41, 5.74) is 1.34. The highest BCUT2D eigenvalue weighted by Crippen LogP contribution is 2.40. The standard InChI is InChI=1S/C12H19N3O2S2/c1-10-13-11(6-18-10)5-14-7-12(8-14)3-4-15(9-12)19(2,16)17/h6H,3-5,7-9H2,1-2H3. The quantitative estimate of drug-likeness (QED) is 0.833. The Balaban J connectivity index is 1.56. The van der Waals surface area contributed by atoms with E-state index in [1.54, 1.807) is 15.6 Å². The average Bonchev–Trinajstić information content (AvgIpc) is 2.84. The molecule has 0 radical (unpaired) electrons. The number of sulfonamides is 1. The van der Waals surface area contributed by atoms with Crippen LogP contribution in [0.15, 0.2) is 5.38 Å². The lowest BCUT2D eigenvalue weighted by Gasteiger charge is -2.47. The molecule has 0 unspecified atom stereocenters. The van der Waals surface area contributed by atoms with Crippen LogP contribution in [0.25, 0.3) is 0 Å². The zero-order valence-corrected chi connectivity index (χ0v) is 12.9. The van der Waals surface area contributed by atoms with Crippen LogP contribution in [-0.2, 0) is 16.6 Å². The molecule has 0 saturated carbocycles. The van der Waals surface area contributed by atoms with Crippen molar-refractivity contribution in [3.63, 3.8) is 0 Å². The molecule has 3 rings (SSSR count). The molecule has 0 N–H and O–H groups in total. The highest BCUT2D eigenvalue weighted by atomic mass is 32.2. The van der Waals surface area contributed by atoms with Crippen LogP contribution < -0.4 is 0 Å². The molecule has 0 aromatic carbocycles. The van der Waals surface area contributed by atoms with Gasteiger partial charge in [-0.05, 0) is 13.3 Å². The van der Waals surface area contributed by atoms with Gasteiger partial charge in [-0.1, -0.05) is 0 Å². The van der Waals surface area contributed by atoms with E-state index in [1.807, 2.05) is 6.92 Å². The van der Waals surface area contributed by atoms with Gasteiger partial charge in [-0.15, -0.1) is 11.3 Å². The highest BCUT2D eigenvalue weighted by Gasteiger charge is 2.49. The maximum atomic E-state index is 11.5. The number of hydrogen-bond donors (Lipinski definition) is 0. The zero-order valence-electron chi connectivity index (χ0n) is 11.3. The van der Waals surface area contributed by atoms with Crippen LogP contribution in [0, 0.1) is 12.3 Å². The Hall–Kier alpha value is -0.500. The lowest BCUT2D eigenvalue weighted by atomic mass is 9.79. The third-order valence-electron chi connectivity index (χ3n) is 4.04. The normalized spacial score (nSPS) is 23.9.